The molecular formula is C48H47N3OSi+2. The number of imidazole rings is 1. The SMILES string of the molecule is Cc1cc(C)c(-n2c3[n+](c4ccccc42)C2(c4cc(C)ccc4-c4cc(CC(C)C)c([Si](C)(C)C)c[n+]42)c2ccc4c(oc5ccccc54)c2-3)c(C)c1. The molecule has 8 aromatic rings. The Kier molecular flexibility index (Phi) is 6.66. The molecule has 4 nitrogen and oxygen atoms in total. The maximum atomic E-state index is 7.03. The number of furan rings is 1. The molecule has 0 N–H and O–H groups in total. The lowest BCUT2D eigenvalue weighted by molar-refractivity contribution is -0.944. The van der Waals surface area contributed by atoms with E-state index in [0.29, 0.717) is 5.92 Å². The topological polar surface area (TPSA) is 25.8 Å². The van der Waals surface area contributed by atoms with Gasteiger partial charge in [-0.1, -0.05) is 93.1 Å². The van der Waals surface area contributed by atoms with Crippen molar-refractivity contribution in [3.05, 3.63) is 142 Å². The van der Waals surface area contributed by atoms with Crippen molar-refractivity contribution < 1.29 is 13.6 Å². The van der Waals surface area contributed by atoms with E-state index in [4.69, 9.17) is 4.42 Å². The summed E-state index contributed by atoms with van der Waals surface area (Å²) < 4.78 is 14.9. The van der Waals surface area contributed by atoms with Gasteiger partial charge in [0.1, 0.15) is 16.8 Å². The average molecular weight is 710 g/mol. The van der Waals surface area contributed by atoms with Crippen molar-refractivity contribution in [2.24, 2.45) is 5.92 Å². The number of aryl methyl sites for hydroxylation is 4. The van der Waals surface area contributed by atoms with Gasteiger partial charge in [0, 0.05) is 22.0 Å². The molecule has 1 unspecified atom stereocenters. The fourth-order valence-electron chi connectivity index (χ4n) is 10.1. The van der Waals surface area contributed by atoms with Crippen LogP contribution in [0.15, 0.2) is 108 Å². The minimum atomic E-state index is -1.79. The lowest BCUT2D eigenvalue weighted by Crippen LogP contribution is -2.72. The van der Waals surface area contributed by atoms with E-state index in [9.17, 15) is 0 Å². The Morgan fingerprint density at radius 2 is 1.49 bits per heavy atom. The second-order valence-corrected chi connectivity index (χ2v) is 22.3. The van der Waals surface area contributed by atoms with E-state index < -0.39 is 13.7 Å². The maximum absolute atomic E-state index is 7.03. The van der Waals surface area contributed by atoms with Crippen molar-refractivity contribution in [2.75, 3.05) is 0 Å². The van der Waals surface area contributed by atoms with Crippen LogP contribution >= 0.6 is 0 Å². The molecule has 0 fully saturated rings. The van der Waals surface area contributed by atoms with Gasteiger partial charge in [-0.2, -0.15) is 4.57 Å². The Bertz CT molecular complexity index is 2860. The monoisotopic (exact) mass is 709 g/mol. The van der Waals surface area contributed by atoms with Crippen molar-refractivity contribution in [1.29, 1.82) is 0 Å². The molecule has 53 heavy (non-hydrogen) atoms. The first-order valence-electron chi connectivity index (χ1n) is 19.2. The Hall–Kier alpha value is -5.26. The van der Waals surface area contributed by atoms with Crippen LogP contribution in [-0.4, -0.2) is 12.6 Å². The van der Waals surface area contributed by atoms with Crippen LogP contribution in [0.3, 0.4) is 0 Å². The third-order valence-corrected chi connectivity index (χ3v) is 14.0. The van der Waals surface area contributed by atoms with Gasteiger partial charge in [-0.15, -0.1) is 9.13 Å². The zero-order chi connectivity index (χ0) is 36.7. The highest BCUT2D eigenvalue weighted by molar-refractivity contribution is 6.89. The zero-order valence-electron chi connectivity index (χ0n) is 32.3. The standard InChI is InChI=1S/C48H47N3OSi/c1-28(2)22-33-26-41-36-19-18-29(3)25-38(36)48(49(41)27-43(33)53(7,8)9)37-21-20-35-34-14-10-13-17-42(34)52-46(35)44(37)47-50(39-15-11-12-16-40(39)51(47)48)45-31(5)23-30(4)24-32(45)6/h10-21,23-28H,22H2,1-9H3/q+2. The van der Waals surface area contributed by atoms with E-state index in [2.05, 4.69) is 178 Å². The van der Waals surface area contributed by atoms with Gasteiger partial charge >= 0.3 is 11.5 Å². The molecule has 0 bridgehead atoms. The fourth-order valence-corrected chi connectivity index (χ4v) is 11.7. The number of pyridine rings is 1. The molecule has 1 atom stereocenters. The summed E-state index contributed by atoms with van der Waals surface area (Å²) in [5, 5.41) is 3.84. The van der Waals surface area contributed by atoms with Gasteiger partial charge in [0.25, 0.3) is 0 Å². The minimum Gasteiger partial charge on any atom is -0.455 e. The highest BCUT2D eigenvalue weighted by Gasteiger charge is 2.67. The summed E-state index contributed by atoms with van der Waals surface area (Å²) in [6, 6.07) is 36.6. The summed E-state index contributed by atoms with van der Waals surface area (Å²) in [7, 11) is -1.79. The summed E-state index contributed by atoms with van der Waals surface area (Å²) in [6.07, 6.45) is 3.65. The highest BCUT2D eigenvalue weighted by Crippen LogP contribution is 2.52. The number of rotatable bonds is 4. The van der Waals surface area contributed by atoms with Crippen LogP contribution in [-0.2, 0) is 12.1 Å². The molecule has 0 saturated heterocycles. The lowest BCUT2D eigenvalue weighted by atomic mass is 9.88. The predicted molar refractivity (Wildman–Crippen MR) is 220 cm³/mol. The first-order chi connectivity index (χ1) is 25.4. The summed E-state index contributed by atoms with van der Waals surface area (Å²) in [5.41, 5.74) is 17.7. The molecule has 1 spiro atoms. The Labute approximate surface area is 313 Å². The number of fused-ring (bicyclic) bond motifs is 16. The van der Waals surface area contributed by atoms with Crippen LogP contribution in [0.2, 0.25) is 19.6 Å². The van der Waals surface area contributed by atoms with E-state index in [1.54, 1.807) is 0 Å². The second kappa shape index (κ2) is 10.9. The van der Waals surface area contributed by atoms with Crippen LogP contribution < -0.4 is 14.3 Å². The van der Waals surface area contributed by atoms with Crippen LogP contribution in [0, 0.1) is 33.6 Å². The van der Waals surface area contributed by atoms with Crippen LogP contribution in [0.5, 0.6) is 0 Å². The smallest absolute Gasteiger partial charge is 0.364 e. The number of hydrogen-bond donors (Lipinski definition) is 0. The number of nitrogens with zero attached hydrogens (tertiary/aromatic N) is 3. The Morgan fingerprint density at radius 1 is 0.755 bits per heavy atom. The molecule has 2 aliphatic heterocycles. The quantitative estimate of drug-likeness (QED) is 0.132. The third kappa shape index (κ3) is 4.23. The summed E-state index contributed by atoms with van der Waals surface area (Å²) in [5.74, 6) is 1.73. The van der Waals surface area contributed by atoms with E-state index >= 15 is 0 Å². The molecule has 0 aliphatic carbocycles. The molecule has 5 heterocycles. The Morgan fingerprint density at radius 3 is 2.25 bits per heavy atom. The summed E-state index contributed by atoms with van der Waals surface area (Å²) in [6.45, 7) is 21.2. The van der Waals surface area contributed by atoms with Gasteiger partial charge in [0.2, 0.25) is 5.69 Å². The van der Waals surface area contributed by atoms with Crippen molar-refractivity contribution in [3.63, 3.8) is 0 Å². The van der Waals surface area contributed by atoms with Crippen LogP contribution in [0.4, 0.5) is 0 Å². The first kappa shape index (κ1) is 32.4. The van der Waals surface area contributed by atoms with Gasteiger partial charge in [0.15, 0.2) is 22.8 Å². The van der Waals surface area contributed by atoms with Crippen molar-refractivity contribution in [1.82, 2.24) is 4.57 Å². The molecule has 262 valence electrons. The van der Waals surface area contributed by atoms with E-state index in [1.807, 2.05) is 0 Å². The molecule has 0 saturated carbocycles. The molecule has 5 aromatic carbocycles. The number of hydrogen-bond acceptors (Lipinski definition) is 1. The van der Waals surface area contributed by atoms with E-state index in [0.717, 1.165) is 34.2 Å². The van der Waals surface area contributed by atoms with Gasteiger partial charge in [0.05, 0.1) is 24.8 Å². The van der Waals surface area contributed by atoms with Crippen LogP contribution in [0.1, 0.15) is 52.8 Å². The zero-order valence-corrected chi connectivity index (χ0v) is 33.3. The van der Waals surface area contributed by atoms with Gasteiger partial charge in [-0.05, 0) is 99.2 Å². The van der Waals surface area contributed by atoms with Gasteiger partial charge < -0.3 is 4.42 Å². The molecule has 3 aromatic heterocycles. The molecule has 2 aliphatic rings. The predicted octanol–water partition coefficient (Wildman–Crippen LogP) is 10.3. The fraction of sp³-hybridized carbons (Fsp3) is 0.250. The first-order valence-corrected chi connectivity index (χ1v) is 22.7. The highest BCUT2D eigenvalue weighted by atomic mass is 28.3. The Balaban J connectivity index is 1.48. The largest absolute Gasteiger partial charge is 0.455 e. The average Bonchev–Trinajstić information content (AvgIpc) is 3.80. The molecule has 10 rings (SSSR count). The maximum Gasteiger partial charge on any atom is 0.364 e. The van der Waals surface area contributed by atoms with E-state index in [-0.39, 0.29) is 0 Å². The lowest BCUT2D eigenvalue weighted by Gasteiger charge is -2.24. The molecule has 5 heteroatoms. The van der Waals surface area contributed by atoms with Crippen LogP contribution in [0.25, 0.3) is 61.3 Å². The normalized spacial score (nSPS) is 16.0. The van der Waals surface area contributed by atoms with E-state index in [1.165, 1.54) is 77.7 Å². The van der Waals surface area contributed by atoms with Gasteiger partial charge in [-0.25, -0.2) is 0 Å². The van der Waals surface area contributed by atoms with Crippen molar-refractivity contribution in [3.8, 4) is 28.3 Å². The molecular weight excluding hydrogens is 663 g/mol. The second-order valence-electron chi connectivity index (χ2n) is 17.2. The number of para-hydroxylation sites is 3. The number of benzene rings is 5. The van der Waals surface area contributed by atoms with Gasteiger partial charge in [-0.3, -0.25) is 0 Å². The molecule has 0 radical (unpaired) electrons. The summed E-state index contributed by atoms with van der Waals surface area (Å²) >= 11 is 0. The molecule has 0 amide bonds. The summed E-state index contributed by atoms with van der Waals surface area (Å²) in [4.78, 5) is 0. The third-order valence-electron chi connectivity index (χ3n) is 11.9. The van der Waals surface area contributed by atoms with Crippen molar-refractivity contribution in [2.45, 2.75) is 73.3 Å². The van der Waals surface area contributed by atoms with Crippen molar-refractivity contribution >= 4 is 46.2 Å². The minimum absolute atomic E-state index is 0.564. The number of aromatic nitrogens is 3.